The highest BCUT2D eigenvalue weighted by molar-refractivity contribution is 5.95. The lowest BCUT2D eigenvalue weighted by Crippen LogP contribution is -2.26. The molecule has 0 saturated carbocycles. The molecule has 2 aromatic carbocycles. The van der Waals surface area contributed by atoms with E-state index in [0.717, 1.165) is 17.7 Å². The molecule has 3 nitrogen and oxygen atoms in total. The number of rotatable bonds is 3. The first-order valence-corrected chi connectivity index (χ1v) is 6.50. The zero-order chi connectivity index (χ0) is 15.6. The average molecular weight is 290 g/mol. The van der Waals surface area contributed by atoms with Crippen LogP contribution in [0.1, 0.15) is 34.5 Å². The zero-order valence-electron chi connectivity index (χ0n) is 11.8. The second-order valence-corrected chi connectivity index (χ2v) is 4.94. The maximum Gasteiger partial charge on any atom is 0.251 e. The van der Waals surface area contributed by atoms with E-state index in [9.17, 15) is 13.6 Å². The van der Waals surface area contributed by atoms with Gasteiger partial charge in [-0.1, -0.05) is 6.07 Å². The Morgan fingerprint density at radius 2 is 1.86 bits per heavy atom. The molecule has 3 N–H and O–H groups in total. The van der Waals surface area contributed by atoms with Crippen LogP contribution in [0.2, 0.25) is 0 Å². The molecule has 21 heavy (non-hydrogen) atoms. The van der Waals surface area contributed by atoms with Gasteiger partial charge in [0.05, 0.1) is 6.04 Å². The fourth-order valence-corrected chi connectivity index (χ4v) is 1.96. The largest absolute Gasteiger partial charge is 0.399 e. The van der Waals surface area contributed by atoms with Crippen molar-refractivity contribution in [2.45, 2.75) is 19.9 Å². The monoisotopic (exact) mass is 290 g/mol. The van der Waals surface area contributed by atoms with Gasteiger partial charge in [0.2, 0.25) is 0 Å². The molecule has 0 aromatic heterocycles. The number of nitrogen functional groups attached to an aromatic ring is 1. The summed E-state index contributed by atoms with van der Waals surface area (Å²) < 4.78 is 26.1. The Bertz CT molecular complexity index is 686. The third kappa shape index (κ3) is 3.37. The number of hydrogen-bond donors (Lipinski definition) is 2. The van der Waals surface area contributed by atoms with Crippen molar-refractivity contribution in [3.63, 3.8) is 0 Å². The highest BCUT2D eigenvalue weighted by Crippen LogP contribution is 2.18. The summed E-state index contributed by atoms with van der Waals surface area (Å²) in [5.74, 6) is -2.14. The maximum absolute atomic E-state index is 13.2. The van der Waals surface area contributed by atoms with Crippen LogP contribution in [0.15, 0.2) is 36.4 Å². The van der Waals surface area contributed by atoms with Crippen LogP contribution in [0.4, 0.5) is 14.5 Å². The molecule has 0 aliphatic heterocycles. The average Bonchev–Trinajstić information content (AvgIpc) is 2.44. The fraction of sp³-hybridized carbons (Fsp3) is 0.188. The standard InChI is InChI=1S/C16H16F2N2O/c1-9-7-12(4-6-15(9)19)16(21)20-10(2)11-3-5-13(17)14(18)8-11/h3-8,10H,19H2,1-2H3,(H,20,21). The number of halogens is 2. The summed E-state index contributed by atoms with van der Waals surface area (Å²) in [6.45, 7) is 3.51. The van der Waals surface area contributed by atoms with Crippen LogP contribution in [0.5, 0.6) is 0 Å². The SMILES string of the molecule is Cc1cc(C(=O)NC(C)c2ccc(F)c(F)c2)ccc1N. The predicted molar refractivity (Wildman–Crippen MR) is 77.8 cm³/mol. The predicted octanol–water partition coefficient (Wildman–Crippen LogP) is 3.35. The first-order chi connectivity index (χ1) is 9.88. The lowest BCUT2D eigenvalue weighted by molar-refractivity contribution is 0.0939. The van der Waals surface area contributed by atoms with Crippen molar-refractivity contribution in [1.82, 2.24) is 5.32 Å². The normalized spacial score (nSPS) is 12.0. The molecule has 0 spiro atoms. The molecule has 5 heteroatoms. The van der Waals surface area contributed by atoms with E-state index in [1.54, 1.807) is 25.1 Å². The Kier molecular flexibility index (Phi) is 4.21. The smallest absolute Gasteiger partial charge is 0.251 e. The Balaban J connectivity index is 2.14. The number of nitrogens with one attached hydrogen (secondary N) is 1. The number of carbonyl (C=O) groups is 1. The molecular weight excluding hydrogens is 274 g/mol. The molecule has 0 heterocycles. The van der Waals surface area contributed by atoms with Crippen molar-refractivity contribution < 1.29 is 13.6 Å². The van der Waals surface area contributed by atoms with Crippen LogP contribution in [0, 0.1) is 18.6 Å². The van der Waals surface area contributed by atoms with E-state index in [0.29, 0.717) is 16.8 Å². The minimum atomic E-state index is -0.933. The van der Waals surface area contributed by atoms with Crippen LogP contribution in [-0.2, 0) is 0 Å². The summed E-state index contributed by atoms with van der Waals surface area (Å²) in [4.78, 5) is 12.1. The van der Waals surface area contributed by atoms with Crippen LogP contribution < -0.4 is 11.1 Å². The molecule has 1 atom stereocenters. The Morgan fingerprint density at radius 1 is 1.14 bits per heavy atom. The summed E-state index contributed by atoms with van der Waals surface area (Å²) in [6.07, 6.45) is 0. The number of anilines is 1. The molecule has 0 fully saturated rings. The molecule has 1 amide bonds. The summed E-state index contributed by atoms with van der Waals surface area (Å²) in [6, 6.07) is 8.09. The third-order valence-electron chi connectivity index (χ3n) is 3.32. The maximum atomic E-state index is 13.2. The molecular formula is C16H16F2N2O. The lowest BCUT2D eigenvalue weighted by Gasteiger charge is -2.15. The third-order valence-corrected chi connectivity index (χ3v) is 3.32. The second-order valence-electron chi connectivity index (χ2n) is 4.94. The quantitative estimate of drug-likeness (QED) is 0.852. The van der Waals surface area contributed by atoms with Crippen molar-refractivity contribution >= 4 is 11.6 Å². The molecule has 0 aliphatic carbocycles. The molecule has 2 rings (SSSR count). The number of amides is 1. The molecule has 1 unspecified atom stereocenters. The number of hydrogen-bond acceptors (Lipinski definition) is 2. The zero-order valence-corrected chi connectivity index (χ0v) is 11.8. The highest BCUT2D eigenvalue weighted by atomic mass is 19.2. The van der Waals surface area contributed by atoms with Gasteiger partial charge in [0, 0.05) is 11.3 Å². The van der Waals surface area contributed by atoms with E-state index in [-0.39, 0.29) is 5.91 Å². The van der Waals surface area contributed by atoms with Crippen molar-refractivity contribution in [3.8, 4) is 0 Å². The van der Waals surface area contributed by atoms with Crippen molar-refractivity contribution in [2.75, 3.05) is 5.73 Å². The highest BCUT2D eigenvalue weighted by Gasteiger charge is 2.13. The van der Waals surface area contributed by atoms with Crippen LogP contribution in [0.3, 0.4) is 0 Å². The Hall–Kier alpha value is -2.43. The number of nitrogens with two attached hydrogens (primary N) is 1. The van der Waals surface area contributed by atoms with Gasteiger partial charge in [0.25, 0.3) is 5.91 Å². The van der Waals surface area contributed by atoms with Crippen molar-refractivity contribution in [2.24, 2.45) is 0 Å². The summed E-state index contributed by atoms with van der Waals surface area (Å²) in [7, 11) is 0. The summed E-state index contributed by atoms with van der Waals surface area (Å²) in [5.41, 5.74) is 8.09. The number of aryl methyl sites for hydroxylation is 1. The van der Waals surface area contributed by atoms with Gasteiger partial charge in [0.1, 0.15) is 0 Å². The van der Waals surface area contributed by atoms with Crippen LogP contribution in [0.25, 0.3) is 0 Å². The van der Waals surface area contributed by atoms with Gasteiger partial charge >= 0.3 is 0 Å². The minimum Gasteiger partial charge on any atom is -0.399 e. The first kappa shape index (κ1) is 15.0. The number of benzene rings is 2. The summed E-state index contributed by atoms with van der Waals surface area (Å²) >= 11 is 0. The van der Waals surface area contributed by atoms with Crippen molar-refractivity contribution in [1.29, 1.82) is 0 Å². The van der Waals surface area contributed by atoms with Gasteiger partial charge in [-0.25, -0.2) is 8.78 Å². The van der Waals surface area contributed by atoms with Gasteiger partial charge in [-0.3, -0.25) is 4.79 Å². The van der Waals surface area contributed by atoms with E-state index in [2.05, 4.69) is 5.32 Å². The van der Waals surface area contributed by atoms with Gasteiger partial charge < -0.3 is 11.1 Å². The summed E-state index contributed by atoms with van der Waals surface area (Å²) in [5, 5.41) is 2.74. The lowest BCUT2D eigenvalue weighted by atomic mass is 10.1. The minimum absolute atomic E-state index is 0.296. The van der Waals surface area contributed by atoms with Gasteiger partial charge in [0.15, 0.2) is 11.6 Å². The molecule has 0 aliphatic rings. The van der Waals surface area contributed by atoms with Crippen LogP contribution in [-0.4, -0.2) is 5.91 Å². The molecule has 0 radical (unpaired) electrons. The topological polar surface area (TPSA) is 55.1 Å². The van der Waals surface area contributed by atoms with Gasteiger partial charge in [-0.15, -0.1) is 0 Å². The van der Waals surface area contributed by atoms with Gasteiger partial charge in [-0.05, 0) is 55.3 Å². The van der Waals surface area contributed by atoms with Crippen molar-refractivity contribution in [3.05, 3.63) is 64.7 Å². The van der Waals surface area contributed by atoms with E-state index >= 15 is 0 Å². The fourth-order valence-electron chi connectivity index (χ4n) is 1.96. The van der Waals surface area contributed by atoms with E-state index < -0.39 is 17.7 Å². The van der Waals surface area contributed by atoms with E-state index in [1.807, 2.05) is 6.92 Å². The molecule has 0 bridgehead atoms. The Morgan fingerprint density at radius 3 is 2.48 bits per heavy atom. The van der Waals surface area contributed by atoms with E-state index in [4.69, 9.17) is 5.73 Å². The second kappa shape index (κ2) is 5.91. The first-order valence-electron chi connectivity index (χ1n) is 6.50. The van der Waals surface area contributed by atoms with E-state index in [1.165, 1.54) is 6.07 Å². The molecule has 0 saturated heterocycles. The Labute approximate surface area is 121 Å². The van der Waals surface area contributed by atoms with Crippen LogP contribution >= 0.6 is 0 Å². The number of carbonyl (C=O) groups excluding carboxylic acids is 1. The molecule has 2 aromatic rings. The molecule has 110 valence electrons. The van der Waals surface area contributed by atoms with Gasteiger partial charge in [-0.2, -0.15) is 0 Å².